The molecule has 3 atom stereocenters. The zero-order chi connectivity index (χ0) is 52.5. The average molecular weight is 1120 g/mol. The van der Waals surface area contributed by atoms with E-state index in [9.17, 15) is 73.5 Å². The minimum atomic E-state index is -1.55. The number of unbranched alkanes of at least 4 members (excludes halogenated alkanes) is 1. The molecule has 2 aliphatic rings. The number of hydrogen-bond donors (Lipinski definition) is 11. The number of halogens is 1. The lowest BCUT2D eigenvalue weighted by Crippen LogP contribution is -2.51. The molecule has 396 valence electrons. The van der Waals surface area contributed by atoms with Crippen LogP contribution in [0.2, 0.25) is 0 Å². The minimum Gasteiger partial charge on any atom is -0.481 e. The quantitative estimate of drug-likeness (QED) is 0.0375. The van der Waals surface area contributed by atoms with Crippen LogP contribution in [0.5, 0.6) is 0 Å². The monoisotopic (exact) mass is 1120 g/mol. The molecule has 0 aromatic heterocycles. The number of benzene rings is 1. The number of carboxylic acids is 6. The lowest BCUT2D eigenvalue weighted by molar-refractivity contribution is -0.141. The van der Waals surface area contributed by atoms with Crippen molar-refractivity contribution in [2.45, 2.75) is 82.3 Å². The summed E-state index contributed by atoms with van der Waals surface area (Å²) in [6, 6.07) is 2.49. The molecule has 5 amide bonds. The number of rotatable bonds is 27. The third-order valence-electron chi connectivity index (χ3n) is 12.2. The molecule has 1 saturated carbocycles. The Hall–Kier alpha value is -5.71. The van der Waals surface area contributed by atoms with Crippen molar-refractivity contribution in [3.05, 3.63) is 33.4 Å². The molecule has 2 fully saturated rings. The standard InChI is InChI=1S/C45H68IN9O16/c46-32-10-6-29(7-11-32)23-35(42(66)47-14-2-1-3-33(43(67)68)50-45(71)51-34(44(69)70)12-13-37(57)58)49-41(65)31-8-4-30(5-9-31)24-48-36(56)25-52-15-17-53(26-38(59)60)19-21-55(28-40(63)64)22-20-54(18-16-52)27-39(61)62/h6-7,10-11,30-31,33-35H,1-5,8-9,12-28H2,(H,47,66)(H,48,56)(H,49,65)(H,57,58)(H,59,60)(H,61,62)(H,63,64)(H,67,68)(H,69,70)(H2,50,51,71)/t30?,31?,33-,34-,35-/m0/s1. The Bertz CT molecular complexity index is 1940. The molecule has 1 aromatic carbocycles. The highest BCUT2D eigenvalue weighted by atomic mass is 127. The number of nitrogens with one attached hydrogen (secondary N) is 5. The number of amides is 5. The van der Waals surface area contributed by atoms with Gasteiger partial charge in [0.25, 0.3) is 0 Å². The van der Waals surface area contributed by atoms with Gasteiger partial charge in [0.1, 0.15) is 18.1 Å². The minimum absolute atomic E-state index is 0.0249. The highest BCUT2D eigenvalue weighted by molar-refractivity contribution is 14.1. The van der Waals surface area contributed by atoms with Crippen LogP contribution in [0.3, 0.4) is 0 Å². The van der Waals surface area contributed by atoms with Crippen molar-refractivity contribution in [2.75, 3.05) is 91.6 Å². The van der Waals surface area contributed by atoms with E-state index in [-0.39, 0.29) is 109 Å². The first-order valence-electron chi connectivity index (χ1n) is 23.6. The molecule has 0 radical (unpaired) electrons. The van der Waals surface area contributed by atoms with Gasteiger partial charge in [0.05, 0.1) is 26.2 Å². The molecule has 0 unspecified atom stereocenters. The van der Waals surface area contributed by atoms with Gasteiger partial charge in [0, 0.05) is 87.8 Å². The molecule has 3 rings (SSSR count). The summed E-state index contributed by atoms with van der Waals surface area (Å²) in [6.45, 7) is 1.77. The maximum absolute atomic E-state index is 13.7. The predicted octanol–water partition coefficient (Wildman–Crippen LogP) is -0.927. The topological polar surface area (TPSA) is 365 Å². The van der Waals surface area contributed by atoms with Gasteiger partial charge >= 0.3 is 41.8 Å². The maximum Gasteiger partial charge on any atom is 0.326 e. The van der Waals surface area contributed by atoms with Crippen LogP contribution in [-0.4, -0.2) is 220 Å². The van der Waals surface area contributed by atoms with Crippen LogP contribution in [0, 0.1) is 15.4 Å². The fraction of sp³-hybridized carbons (Fsp3) is 0.644. The number of carbonyl (C=O) groups excluding carboxylic acids is 4. The Morgan fingerprint density at radius 3 is 1.46 bits per heavy atom. The molecule has 0 spiro atoms. The molecule has 0 bridgehead atoms. The van der Waals surface area contributed by atoms with Gasteiger partial charge in [-0.25, -0.2) is 14.4 Å². The van der Waals surface area contributed by atoms with Crippen molar-refractivity contribution >= 4 is 82.2 Å². The van der Waals surface area contributed by atoms with Crippen LogP contribution in [0.1, 0.15) is 63.4 Å². The fourth-order valence-electron chi connectivity index (χ4n) is 8.23. The summed E-state index contributed by atoms with van der Waals surface area (Å²) in [6.07, 6.45) is 1.99. The number of urea groups is 1. The summed E-state index contributed by atoms with van der Waals surface area (Å²) in [4.78, 5) is 129. The zero-order valence-corrected chi connectivity index (χ0v) is 41.8. The third-order valence-corrected chi connectivity index (χ3v) is 13.0. The van der Waals surface area contributed by atoms with Crippen molar-refractivity contribution in [1.82, 2.24) is 46.2 Å². The maximum atomic E-state index is 13.7. The number of nitrogens with zero attached hydrogens (tertiary/aromatic N) is 4. The van der Waals surface area contributed by atoms with Crippen LogP contribution < -0.4 is 26.6 Å². The van der Waals surface area contributed by atoms with E-state index in [1.54, 1.807) is 14.7 Å². The molecule has 25 nitrogen and oxygen atoms in total. The second-order valence-electron chi connectivity index (χ2n) is 17.8. The number of hydrogen-bond acceptors (Lipinski definition) is 14. The van der Waals surface area contributed by atoms with Crippen molar-refractivity contribution in [3.63, 3.8) is 0 Å². The lowest BCUT2D eigenvalue weighted by atomic mass is 9.81. The van der Waals surface area contributed by atoms with E-state index < -0.39 is 84.6 Å². The third kappa shape index (κ3) is 24.8. The van der Waals surface area contributed by atoms with Crippen LogP contribution >= 0.6 is 22.6 Å². The summed E-state index contributed by atoms with van der Waals surface area (Å²) >= 11 is 2.16. The molecule has 11 N–H and O–H groups in total. The average Bonchev–Trinajstić information content (AvgIpc) is 3.29. The van der Waals surface area contributed by atoms with Crippen molar-refractivity contribution in [1.29, 1.82) is 0 Å². The van der Waals surface area contributed by atoms with Gasteiger partial charge in [-0.1, -0.05) is 12.1 Å². The van der Waals surface area contributed by atoms with Gasteiger partial charge in [0.2, 0.25) is 17.7 Å². The van der Waals surface area contributed by atoms with E-state index in [1.807, 2.05) is 29.2 Å². The van der Waals surface area contributed by atoms with Crippen LogP contribution in [0.15, 0.2) is 24.3 Å². The Morgan fingerprint density at radius 2 is 1.01 bits per heavy atom. The van der Waals surface area contributed by atoms with E-state index >= 15 is 0 Å². The first kappa shape index (κ1) is 59.6. The molecular weight excluding hydrogens is 1050 g/mol. The van der Waals surface area contributed by atoms with Gasteiger partial charge in [0.15, 0.2) is 0 Å². The Labute approximate surface area is 424 Å². The van der Waals surface area contributed by atoms with Crippen LogP contribution in [0.4, 0.5) is 4.79 Å². The van der Waals surface area contributed by atoms with E-state index in [0.717, 1.165) is 9.13 Å². The highest BCUT2D eigenvalue weighted by Crippen LogP contribution is 2.29. The first-order valence-corrected chi connectivity index (χ1v) is 24.6. The first-order chi connectivity index (χ1) is 33.7. The summed E-state index contributed by atoms with van der Waals surface area (Å²) in [5, 5.41) is 69.2. The summed E-state index contributed by atoms with van der Waals surface area (Å²) in [5.41, 5.74) is 0.805. The molecule has 1 saturated heterocycles. The van der Waals surface area contributed by atoms with Gasteiger partial charge in [-0.2, -0.15) is 0 Å². The second-order valence-corrected chi connectivity index (χ2v) is 19.1. The normalized spacial score (nSPS) is 19.0. The van der Waals surface area contributed by atoms with E-state index in [4.69, 9.17) is 5.11 Å². The largest absolute Gasteiger partial charge is 0.481 e. The molecule has 26 heteroatoms. The van der Waals surface area contributed by atoms with Gasteiger partial charge in [-0.05, 0) is 97.6 Å². The molecule has 1 aliphatic heterocycles. The van der Waals surface area contributed by atoms with Crippen molar-refractivity contribution in [2.24, 2.45) is 11.8 Å². The molecule has 71 heavy (non-hydrogen) atoms. The van der Waals surface area contributed by atoms with E-state index in [1.165, 1.54) is 0 Å². The molecule has 1 aromatic rings. The fourth-order valence-corrected chi connectivity index (χ4v) is 8.59. The van der Waals surface area contributed by atoms with Gasteiger partial charge in [-0.3, -0.25) is 53.2 Å². The van der Waals surface area contributed by atoms with Gasteiger partial charge < -0.3 is 57.2 Å². The number of aliphatic carboxylic acids is 6. The second kappa shape index (κ2) is 31.6. The molecule has 1 aliphatic carbocycles. The van der Waals surface area contributed by atoms with Crippen molar-refractivity contribution < 1.29 is 78.6 Å². The van der Waals surface area contributed by atoms with E-state index in [2.05, 4.69) is 49.2 Å². The summed E-state index contributed by atoms with van der Waals surface area (Å²) in [5.74, 6) is -8.62. The van der Waals surface area contributed by atoms with E-state index in [0.29, 0.717) is 51.7 Å². The zero-order valence-electron chi connectivity index (χ0n) is 39.6. The van der Waals surface area contributed by atoms with Gasteiger partial charge in [-0.15, -0.1) is 0 Å². The Morgan fingerprint density at radius 1 is 0.549 bits per heavy atom. The van der Waals surface area contributed by atoms with Crippen LogP contribution in [0.25, 0.3) is 0 Å². The van der Waals surface area contributed by atoms with Crippen molar-refractivity contribution in [3.8, 4) is 0 Å². The predicted molar refractivity (Wildman–Crippen MR) is 260 cm³/mol. The van der Waals surface area contributed by atoms with Crippen LogP contribution in [-0.2, 0) is 49.6 Å². The highest BCUT2D eigenvalue weighted by Gasteiger charge is 2.31. The molecule has 1 heterocycles. The lowest BCUT2D eigenvalue weighted by Gasteiger charge is -2.33. The SMILES string of the molecule is O=C(O)CC[C@H](NC(=O)N[C@@H](CCCCNC(=O)[C@H](Cc1ccc(I)cc1)NC(=O)C1CCC(CNC(=O)CN2CCN(CC(=O)O)CCN(CC(=O)O)CCN(CC(=O)O)CC2)CC1)C(=O)O)C(=O)O. The summed E-state index contributed by atoms with van der Waals surface area (Å²) < 4.78 is 0.979. The smallest absolute Gasteiger partial charge is 0.326 e. The Balaban J connectivity index is 1.52. The number of carbonyl (C=O) groups is 10. The Kier molecular flexibility index (Phi) is 26.5. The number of carboxylic acid groups (broad SMARTS) is 6. The summed E-state index contributed by atoms with van der Waals surface area (Å²) in [7, 11) is 0. The molecular formula is C45H68IN9O16.